The molecule has 3 rings (SSSR count). The lowest BCUT2D eigenvalue weighted by Gasteiger charge is -2.34. The molecule has 0 fully saturated rings. The van der Waals surface area contributed by atoms with Gasteiger partial charge < -0.3 is 10.2 Å². The summed E-state index contributed by atoms with van der Waals surface area (Å²) in [6, 6.07) is 21.7. The van der Waals surface area contributed by atoms with E-state index in [0.29, 0.717) is 18.7 Å². The van der Waals surface area contributed by atoms with Crippen molar-refractivity contribution in [2.24, 2.45) is 5.92 Å². The number of nitrogens with zero attached hydrogens (tertiary/aromatic N) is 2. The van der Waals surface area contributed by atoms with E-state index in [2.05, 4.69) is 5.32 Å². The number of carbonyl (C=O) groups is 2. The summed E-state index contributed by atoms with van der Waals surface area (Å²) in [4.78, 5) is 29.4. The van der Waals surface area contributed by atoms with Crippen LogP contribution in [0.4, 0.5) is 5.69 Å². The van der Waals surface area contributed by atoms with Crippen molar-refractivity contribution in [3.8, 4) is 0 Å². The summed E-state index contributed by atoms with van der Waals surface area (Å²) in [5, 5.41) is 3.00. The molecule has 3 aromatic rings. The van der Waals surface area contributed by atoms with Crippen molar-refractivity contribution in [2.45, 2.75) is 53.6 Å². The lowest BCUT2D eigenvalue weighted by molar-refractivity contribution is -0.140. The third kappa shape index (κ3) is 8.42. The number of anilines is 1. The largest absolute Gasteiger partial charge is 0.354 e. The van der Waals surface area contributed by atoms with E-state index in [1.54, 1.807) is 12.1 Å². The second-order valence-electron chi connectivity index (χ2n) is 10.8. The predicted octanol–water partition coefficient (Wildman–Crippen LogP) is 4.79. The van der Waals surface area contributed by atoms with Crippen LogP contribution in [0.1, 0.15) is 41.7 Å². The predicted molar refractivity (Wildman–Crippen MR) is 162 cm³/mol. The normalized spacial score (nSPS) is 12.2. The Balaban J connectivity index is 2.07. The minimum Gasteiger partial charge on any atom is -0.354 e. The highest BCUT2D eigenvalue weighted by molar-refractivity contribution is 7.92. The van der Waals surface area contributed by atoms with Gasteiger partial charge in [0.15, 0.2) is 0 Å². The summed E-state index contributed by atoms with van der Waals surface area (Å²) in [7, 11) is -3.80. The Labute approximate surface area is 239 Å². The van der Waals surface area contributed by atoms with Crippen LogP contribution >= 0.6 is 0 Å². The first kappa shape index (κ1) is 30.9. The van der Waals surface area contributed by atoms with Gasteiger partial charge in [-0.25, -0.2) is 8.42 Å². The van der Waals surface area contributed by atoms with Crippen molar-refractivity contribution in [3.63, 3.8) is 0 Å². The number of sulfonamides is 1. The summed E-state index contributed by atoms with van der Waals surface area (Å²) in [5.41, 5.74) is 5.14. The van der Waals surface area contributed by atoms with Crippen LogP contribution in [0.2, 0.25) is 0 Å². The van der Waals surface area contributed by atoms with Gasteiger partial charge in [0.05, 0.1) is 11.9 Å². The summed E-state index contributed by atoms with van der Waals surface area (Å²) in [5.74, 6) is -0.489. The molecule has 2 amide bonds. The number of carbonyl (C=O) groups excluding carboxylic acids is 2. The zero-order valence-electron chi connectivity index (χ0n) is 24.3. The van der Waals surface area contributed by atoms with Gasteiger partial charge >= 0.3 is 0 Å². The van der Waals surface area contributed by atoms with E-state index in [1.165, 1.54) is 4.90 Å². The van der Waals surface area contributed by atoms with Crippen LogP contribution < -0.4 is 9.62 Å². The van der Waals surface area contributed by atoms with Crippen LogP contribution in [0.5, 0.6) is 0 Å². The molecule has 0 aliphatic carbocycles. The summed E-state index contributed by atoms with van der Waals surface area (Å²) in [6.45, 7) is 10.0. The first-order valence-electron chi connectivity index (χ1n) is 13.6. The van der Waals surface area contributed by atoms with E-state index >= 15 is 0 Å². The third-order valence-electron chi connectivity index (χ3n) is 7.02. The summed E-state index contributed by atoms with van der Waals surface area (Å²) in [6.07, 6.45) is 1.39. The second kappa shape index (κ2) is 13.6. The molecular formula is C32H41N3O4S. The van der Waals surface area contributed by atoms with Crippen LogP contribution in [-0.4, -0.2) is 50.5 Å². The van der Waals surface area contributed by atoms with Gasteiger partial charge in [-0.2, -0.15) is 0 Å². The van der Waals surface area contributed by atoms with Gasteiger partial charge in [0.2, 0.25) is 21.8 Å². The molecule has 8 heteroatoms. The van der Waals surface area contributed by atoms with Gasteiger partial charge in [-0.3, -0.25) is 13.9 Å². The number of rotatable bonds is 12. The van der Waals surface area contributed by atoms with Gasteiger partial charge in [-0.1, -0.05) is 74.5 Å². The van der Waals surface area contributed by atoms with E-state index in [1.807, 2.05) is 95.3 Å². The molecule has 7 nitrogen and oxygen atoms in total. The minimum absolute atomic E-state index is 0.169. The molecule has 3 aromatic carbocycles. The van der Waals surface area contributed by atoms with Crippen molar-refractivity contribution >= 4 is 27.5 Å². The molecule has 1 N–H and O–H groups in total. The molecule has 214 valence electrons. The van der Waals surface area contributed by atoms with Gasteiger partial charge in [0, 0.05) is 19.5 Å². The molecule has 0 bridgehead atoms. The van der Waals surface area contributed by atoms with E-state index in [9.17, 15) is 18.0 Å². The highest BCUT2D eigenvalue weighted by Gasteiger charge is 2.33. The highest BCUT2D eigenvalue weighted by atomic mass is 32.2. The standard InChI is InChI=1S/C32H41N3O4S/c1-23(2)20-33-32(37)30(19-27-13-8-7-9-14-27)34(21-28-15-11-10-12-25(28)4)31(36)22-35(40(6,38)39)29-17-16-24(3)26(5)18-29/h7-18,23,30H,19-22H2,1-6H3,(H,33,37)/t30-/m1/s1. The van der Waals surface area contributed by atoms with Gasteiger partial charge in [-0.05, 0) is 66.6 Å². The first-order valence-corrected chi connectivity index (χ1v) is 15.4. The zero-order chi connectivity index (χ0) is 29.4. The van der Waals surface area contributed by atoms with Crippen LogP contribution in [0, 0.1) is 26.7 Å². The molecule has 0 aromatic heterocycles. The molecule has 0 aliphatic rings. The highest BCUT2D eigenvalue weighted by Crippen LogP contribution is 2.23. The quantitative estimate of drug-likeness (QED) is 0.343. The van der Waals surface area contributed by atoms with Crippen LogP contribution in [0.25, 0.3) is 0 Å². The maximum absolute atomic E-state index is 14.2. The molecule has 0 saturated heterocycles. The molecular weight excluding hydrogens is 522 g/mol. The Kier molecular flexibility index (Phi) is 10.5. The smallest absolute Gasteiger partial charge is 0.244 e. The average molecular weight is 564 g/mol. The number of benzene rings is 3. The van der Waals surface area contributed by atoms with E-state index in [-0.39, 0.29) is 18.4 Å². The Hall–Kier alpha value is -3.65. The number of nitrogens with one attached hydrogen (secondary N) is 1. The monoisotopic (exact) mass is 563 g/mol. The fourth-order valence-electron chi connectivity index (χ4n) is 4.44. The van der Waals surface area contributed by atoms with Crippen molar-refractivity contribution in [3.05, 3.63) is 101 Å². The number of amides is 2. The van der Waals surface area contributed by atoms with E-state index in [4.69, 9.17) is 0 Å². The van der Waals surface area contributed by atoms with Gasteiger partial charge in [-0.15, -0.1) is 0 Å². The van der Waals surface area contributed by atoms with Crippen LogP contribution in [-0.2, 0) is 32.6 Å². The lowest BCUT2D eigenvalue weighted by Crippen LogP contribution is -2.53. The molecule has 0 aliphatic heterocycles. The molecule has 0 radical (unpaired) electrons. The summed E-state index contributed by atoms with van der Waals surface area (Å²) >= 11 is 0. The molecule has 1 atom stereocenters. The van der Waals surface area contributed by atoms with Crippen molar-refractivity contribution < 1.29 is 18.0 Å². The van der Waals surface area contributed by atoms with E-state index in [0.717, 1.165) is 38.4 Å². The minimum atomic E-state index is -3.80. The van der Waals surface area contributed by atoms with Crippen molar-refractivity contribution in [1.29, 1.82) is 0 Å². The molecule has 0 unspecified atom stereocenters. The fraction of sp³-hybridized carbons (Fsp3) is 0.375. The van der Waals surface area contributed by atoms with Crippen molar-refractivity contribution in [1.82, 2.24) is 10.2 Å². The maximum atomic E-state index is 14.2. The van der Waals surface area contributed by atoms with Crippen LogP contribution in [0.3, 0.4) is 0 Å². The number of aryl methyl sites for hydroxylation is 3. The van der Waals surface area contributed by atoms with Crippen molar-refractivity contribution in [2.75, 3.05) is 23.7 Å². The van der Waals surface area contributed by atoms with Crippen LogP contribution in [0.15, 0.2) is 72.8 Å². The lowest BCUT2D eigenvalue weighted by atomic mass is 10.0. The number of hydrogen-bond donors (Lipinski definition) is 1. The van der Waals surface area contributed by atoms with Gasteiger partial charge in [0.25, 0.3) is 0 Å². The van der Waals surface area contributed by atoms with E-state index < -0.39 is 28.5 Å². The summed E-state index contributed by atoms with van der Waals surface area (Å²) < 4.78 is 27.0. The molecule has 0 saturated carbocycles. The Morgan fingerprint density at radius 3 is 2.10 bits per heavy atom. The topological polar surface area (TPSA) is 86.8 Å². The maximum Gasteiger partial charge on any atom is 0.244 e. The first-order chi connectivity index (χ1) is 18.9. The molecule has 0 heterocycles. The Morgan fingerprint density at radius 2 is 1.50 bits per heavy atom. The third-order valence-corrected chi connectivity index (χ3v) is 8.16. The number of hydrogen-bond acceptors (Lipinski definition) is 4. The Bertz CT molecular complexity index is 1420. The second-order valence-corrected chi connectivity index (χ2v) is 12.7. The SMILES string of the molecule is Cc1ccc(N(CC(=O)N(Cc2ccccc2C)[C@H](Cc2ccccc2)C(=O)NCC(C)C)S(C)(=O)=O)cc1C. The fourth-order valence-corrected chi connectivity index (χ4v) is 5.28. The van der Waals surface area contributed by atoms with Gasteiger partial charge in [0.1, 0.15) is 12.6 Å². The zero-order valence-corrected chi connectivity index (χ0v) is 25.2. The average Bonchev–Trinajstić information content (AvgIpc) is 2.90. The molecule has 0 spiro atoms. The Morgan fingerprint density at radius 1 is 0.850 bits per heavy atom. The molecule has 40 heavy (non-hydrogen) atoms.